The number of ether oxygens (including phenoxy) is 1. The number of rotatable bonds is 5. The Morgan fingerprint density at radius 2 is 1.78 bits per heavy atom. The molecule has 0 spiro atoms. The predicted octanol–water partition coefficient (Wildman–Crippen LogP) is 1.84. The number of amides is 3. The molecule has 2 aromatic carbocycles. The molecule has 4 rings (SSSR count). The molecule has 2 aliphatic rings. The highest BCUT2D eigenvalue weighted by molar-refractivity contribution is 5.99. The quantitative estimate of drug-likeness (QED) is 0.753. The smallest absolute Gasteiger partial charge is 0.262 e. The summed E-state index contributed by atoms with van der Waals surface area (Å²) in [4.78, 5) is 35.6. The zero-order chi connectivity index (χ0) is 18.8. The van der Waals surface area contributed by atoms with Gasteiger partial charge in [-0.25, -0.2) is 0 Å². The molecule has 1 heterocycles. The van der Waals surface area contributed by atoms with Gasteiger partial charge in [0.1, 0.15) is 5.75 Å². The maximum absolute atomic E-state index is 12.4. The van der Waals surface area contributed by atoms with E-state index in [9.17, 15) is 14.4 Å². The van der Waals surface area contributed by atoms with E-state index in [1.54, 1.807) is 30.3 Å². The van der Waals surface area contributed by atoms with Crippen LogP contribution in [0.25, 0.3) is 0 Å². The van der Waals surface area contributed by atoms with Crippen molar-refractivity contribution in [2.24, 2.45) is 0 Å². The lowest BCUT2D eigenvalue weighted by molar-refractivity contribution is -0.118. The van der Waals surface area contributed by atoms with Gasteiger partial charge in [-0.1, -0.05) is 12.1 Å². The summed E-state index contributed by atoms with van der Waals surface area (Å²) in [5, 5.41) is 8.47. The monoisotopic (exact) mass is 365 g/mol. The molecule has 0 radical (unpaired) electrons. The molecule has 1 fully saturated rings. The maximum atomic E-state index is 12.4. The summed E-state index contributed by atoms with van der Waals surface area (Å²) in [6, 6.07) is 12.4. The lowest BCUT2D eigenvalue weighted by atomic mass is 10.1. The zero-order valence-electron chi connectivity index (χ0n) is 14.6. The summed E-state index contributed by atoms with van der Waals surface area (Å²) in [7, 11) is 0. The third-order valence-electron chi connectivity index (χ3n) is 4.46. The van der Waals surface area contributed by atoms with Crippen LogP contribution in [0.4, 0.5) is 5.69 Å². The van der Waals surface area contributed by atoms with Crippen LogP contribution >= 0.6 is 0 Å². The van der Waals surface area contributed by atoms with E-state index in [1.165, 1.54) is 0 Å². The van der Waals surface area contributed by atoms with Crippen LogP contribution in [0, 0.1) is 0 Å². The number of hydrogen-bond donors (Lipinski definition) is 3. The highest BCUT2D eigenvalue weighted by Crippen LogP contribution is 2.28. The van der Waals surface area contributed by atoms with Gasteiger partial charge >= 0.3 is 0 Å². The fraction of sp³-hybridized carbons (Fsp3) is 0.250. The molecule has 7 nitrogen and oxygen atoms in total. The Morgan fingerprint density at radius 3 is 2.52 bits per heavy atom. The number of hydrogen-bond acceptors (Lipinski definition) is 4. The second-order valence-corrected chi connectivity index (χ2v) is 6.68. The molecule has 2 aromatic rings. The third kappa shape index (κ3) is 4.08. The summed E-state index contributed by atoms with van der Waals surface area (Å²) >= 11 is 0. The van der Waals surface area contributed by atoms with E-state index in [1.807, 2.05) is 12.1 Å². The van der Waals surface area contributed by atoms with Crippen molar-refractivity contribution in [2.45, 2.75) is 25.4 Å². The summed E-state index contributed by atoms with van der Waals surface area (Å²) in [5.74, 6) is -0.0367. The van der Waals surface area contributed by atoms with Gasteiger partial charge in [0.2, 0.25) is 0 Å². The van der Waals surface area contributed by atoms with E-state index in [2.05, 4.69) is 16.0 Å². The zero-order valence-corrected chi connectivity index (χ0v) is 14.6. The molecule has 0 unspecified atom stereocenters. The van der Waals surface area contributed by atoms with Gasteiger partial charge in [0, 0.05) is 23.7 Å². The first-order valence-electron chi connectivity index (χ1n) is 8.83. The Kier molecular flexibility index (Phi) is 4.50. The van der Waals surface area contributed by atoms with Crippen LogP contribution in [0.1, 0.15) is 39.1 Å². The molecule has 1 aliphatic carbocycles. The first-order valence-corrected chi connectivity index (χ1v) is 8.83. The maximum Gasteiger partial charge on any atom is 0.262 e. The van der Waals surface area contributed by atoms with E-state index in [0.717, 1.165) is 18.4 Å². The van der Waals surface area contributed by atoms with Gasteiger partial charge in [0.15, 0.2) is 6.61 Å². The Morgan fingerprint density at radius 1 is 1.04 bits per heavy atom. The van der Waals surface area contributed by atoms with Crippen molar-refractivity contribution < 1.29 is 19.1 Å². The minimum Gasteiger partial charge on any atom is -0.482 e. The summed E-state index contributed by atoms with van der Waals surface area (Å²) in [6.45, 7) is 0.288. The van der Waals surface area contributed by atoms with Crippen molar-refractivity contribution in [3.8, 4) is 5.75 Å². The molecule has 1 saturated carbocycles. The summed E-state index contributed by atoms with van der Waals surface area (Å²) in [6.07, 6.45) is 2.10. The van der Waals surface area contributed by atoms with Crippen molar-refractivity contribution in [1.82, 2.24) is 10.6 Å². The van der Waals surface area contributed by atoms with Gasteiger partial charge in [0.25, 0.3) is 17.7 Å². The average molecular weight is 365 g/mol. The van der Waals surface area contributed by atoms with Crippen LogP contribution in [0.2, 0.25) is 0 Å². The number of carbonyl (C=O) groups is 3. The molecule has 138 valence electrons. The van der Waals surface area contributed by atoms with E-state index >= 15 is 0 Å². The lowest BCUT2D eigenvalue weighted by Gasteiger charge is -2.18. The Labute approximate surface area is 156 Å². The van der Waals surface area contributed by atoms with Gasteiger partial charge in [-0.05, 0) is 48.7 Å². The molecule has 0 saturated heterocycles. The van der Waals surface area contributed by atoms with Crippen LogP contribution in [0.3, 0.4) is 0 Å². The first kappa shape index (κ1) is 17.1. The molecule has 0 aromatic heterocycles. The Balaban J connectivity index is 1.35. The largest absolute Gasteiger partial charge is 0.482 e. The SMILES string of the molecule is O=C1COc2cc(C(=O)NCc3ccc(C(=O)NC4CC4)cc3)ccc2N1. The second-order valence-electron chi connectivity index (χ2n) is 6.68. The van der Waals surface area contributed by atoms with Crippen LogP contribution < -0.4 is 20.7 Å². The number of nitrogens with one attached hydrogen (secondary N) is 3. The molecule has 3 amide bonds. The van der Waals surface area contributed by atoms with Crippen molar-refractivity contribution in [2.75, 3.05) is 11.9 Å². The standard InChI is InChI=1S/C20H19N3O4/c24-18-11-27-17-9-14(5-8-16(17)23-18)19(25)21-10-12-1-3-13(4-2-12)20(26)22-15-6-7-15/h1-5,8-9,15H,6-7,10-11H2,(H,21,25)(H,22,26)(H,23,24). The molecular weight excluding hydrogens is 346 g/mol. The van der Waals surface area contributed by atoms with E-state index in [0.29, 0.717) is 35.2 Å². The highest BCUT2D eigenvalue weighted by atomic mass is 16.5. The molecule has 0 atom stereocenters. The number of carbonyl (C=O) groups excluding carboxylic acids is 3. The number of fused-ring (bicyclic) bond motifs is 1. The fourth-order valence-electron chi connectivity index (χ4n) is 2.77. The third-order valence-corrected chi connectivity index (χ3v) is 4.46. The second kappa shape index (κ2) is 7.11. The van der Waals surface area contributed by atoms with Gasteiger partial charge in [-0.3, -0.25) is 14.4 Å². The predicted molar refractivity (Wildman–Crippen MR) is 98.7 cm³/mol. The van der Waals surface area contributed by atoms with Crippen LogP contribution in [0.15, 0.2) is 42.5 Å². The molecule has 27 heavy (non-hydrogen) atoms. The van der Waals surface area contributed by atoms with Crippen LogP contribution in [-0.2, 0) is 11.3 Å². The summed E-state index contributed by atoms with van der Waals surface area (Å²) in [5.41, 5.74) is 2.52. The molecule has 0 bridgehead atoms. The van der Waals surface area contributed by atoms with Crippen molar-refractivity contribution in [3.63, 3.8) is 0 Å². The minimum absolute atomic E-state index is 0.0568. The van der Waals surface area contributed by atoms with Gasteiger partial charge < -0.3 is 20.7 Å². The topological polar surface area (TPSA) is 96.5 Å². The van der Waals surface area contributed by atoms with E-state index < -0.39 is 0 Å². The van der Waals surface area contributed by atoms with Gasteiger partial charge in [-0.15, -0.1) is 0 Å². The van der Waals surface area contributed by atoms with Crippen LogP contribution in [-0.4, -0.2) is 30.4 Å². The number of anilines is 1. The lowest BCUT2D eigenvalue weighted by Crippen LogP contribution is -2.27. The van der Waals surface area contributed by atoms with Crippen molar-refractivity contribution in [1.29, 1.82) is 0 Å². The minimum atomic E-state index is -0.242. The molecule has 3 N–H and O–H groups in total. The van der Waals surface area contributed by atoms with Crippen molar-refractivity contribution >= 4 is 23.4 Å². The fourth-order valence-corrected chi connectivity index (χ4v) is 2.77. The molecular formula is C20H19N3O4. The van der Waals surface area contributed by atoms with E-state index in [-0.39, 0.29) is 24.3 Å². The molecule has 1 aliphatic heterocycles. The molecule has 7 heteroatoms. The van der Waals surface area contributed by atoms with Crippen molar-refractivity contribution in [3.05, 3.63) is 59.2 Å². The summed E-state index contributed by atoms with van der Waals surface area (Å²) < 4.78 is 5.33. The van der Waals surface area contributed by atoms with Crippen LogP contribution in [0.5, 0.6) is 5.75 Å². The first-order chi connectivity index (χ1) is 13.1. The van der Waals surface area contributed by atoms with E-state index in [4.69, 9.17) is 4.74 Å². The normalized spacial score (nSPS) is 15.2. The Hall–Kier alpha value is -3.35. The number of benzene rings is 2. The van der Waals surface area contributed by atoms with Gasteiger partial charge in [0.05, 0.1) is 5.69 Å². The van der Waals surface area contributed by atoms with Gasteiger partial charge in [-0.2, -0.15) is 0 Å². The average Bonchev–Trinajstić information content (AvgIpc) is 3.50. The highest BCUT2D eigenvalue weighted by Gasteiger charge is 2.23. The Bertz CT molecular complexity index is 904.